The van der Waals surface area contributed by atoms with E-state index in [9.17, 15) is 4.79 Å². The van der Waals surface area contributed by atoms with Gasteiger partial charge in [-0.25, -0.2) is 9.67 Å². The molecule has 29 heavy (non-hydrogen) atoms. The lowest BCUT2D eigenvalue weighted by Crippen LogP contribution is -2.23. The van der Waals surface area contributed by atoms with Crippen LogP contribution in [0.3, 0.4) is 0 Å². The molecule has 7 nitrogen and oxygen atoms in total. The van der Waals surface area contributed by atoms with E-state index in [0.717, 1.165) is 27.8 Å². The second-order valence-electron chi connectivity index (χ2n) is 6.45. The number of hydrogen-bond donors (Lipinski definition) is 1. The van der Waals surface area contributed by atoms with Crippen LogP contribution in [0.4, 0.5) is 0 Å². The Bertz CT molecular complexity index is 1020. The van der Waals surface area contributed by atoms with Gasteiger partial charge in [-0.1, -0.05) is 6.07 Å². The van der Waals surface area contributed by atoms with Gasteiger partial charge in [0.15, 0.2) is 11.5 Å². The minimum absolute atomic E-state index is 0.159. The number of amides is 1. The molecule has 0 aliphatic heterocycles. The number of benzene rings is 1. The van der Waals surface area contributed by atoms with E-state index >= 15 is 0 Å². The third kappa shape index (κ3) is 5.23. The van der Waals surface area contributed by atoms with Crippen LogP contribution in [0.5, 0.6) is 11.5 Å². The number of carbonyl (C=O) groups excluding carboxylic acids is 1. The van der Waals surface area contributed by atoms with Crippen molar-refractivity contribution in [2.75, 3.05) is 20.8 Å². The van der Waals surface area contributed by atoms with Gasteiger partial charge in [0.25, 0.3) is 0 Å². The molecule has 0 aliphatic rings. The molecule has 0 aliphatic carbocycles. The molecular weight excluding hydrogens is 388 g/mol. The Balaban J connectivity index is 1.51. The maximum absolute atomic E-state index is 12.1. The third-order valence-electron chi connectivity index (χ3n) is 4.25. The Morgan fingerprint density at radius 3 is 2.69 bits per heavy atom. The zero-order valence-corrected chi connectivity index (χ0v) is 17.7. The summed E-state index contributed by atoms with van der Waals surface area (Å²) in [6, 6.07) is 7.50. The summed E-state index contributed by atoms with van der Waals surface area (Å²) in [6.07, 6.45) is 3.90. The van der Waals surface area contributed by atoms with Crippen LogP contribution in [0, 0.1) is 13.8 Å². The zero-order chi connectivity index (χ0) is 20.8. The van der Waals surface area contributed by atoms with Crippen molar-refractivity contribution >= 4 is 23.3 Å². The van der Waals surface area contributed by atoms with Crippen molar-refractivity contribution in [1.29, 1.82) is 0 Å². The number of nitrogens with one attached hydrogen (secondary N) is 1. The van der Waals surface area contributed by atoms with Gasteiger partial charge in [-0.3, -0.25) is 4.79 Å². The van der Waals surface area contributed by atoms with Gasteiger partial charge in [-0.2, -0.15) is 5.10 Å². The van der Waals surface area contributed by atoms with Crippen molar-refractivity contribution < 1.29 is 14.3 Å². The van der Waals surface area contributed by atoms with E-state index in [1.807, 2.05) is 42.1 Å². The molecule has 0 fully saturated rings. The topological polar surface area (TPSA) is 78.3 Å². The van der Waals surface area contributed by atoms with E-state index in [4.69, 9.17) is 9.47 Å². The first kappa shape index (κ1) is 20.6. The van der Waals surface area contributed by atoms with Crippen molar-refractivity contribution in [2.24, 2.45) is 0 Å². The van der Waals surface area contributed by atoms with Gasteiger partial charge in [-0.05, 0) is 43.7 Å². The molecule has 0 saturated heterocycles. The summed E-state index contributed by atoms with van der Waals surface area (Å²) in [5.41, 5.74) is 3.80. The first-order chi connectivity index (χ1) is 14.0. The Morgan fingerprint density at radius 1 is 1.21 bits per heavy atom. The second kappa shape index (κ2) is 9.38. The fraction of sp³-hybridized carbons (Fsp3) is 0.286. The molecule has 3 rings (SSSR count). The third-order valence-corrected chi connectivity index (χ3v) is 5.11. The van der Waals surface area contributed by atoms with Crippen molar-refractivity contribution in [3.8, 4) is 16.6 Å². The summed E-state index contributed by atoms with van der Waals surface area (Å²) >= 11 is 1.54. The SMILES string of the molecule is COc1ccc(/C=C/C(=O)NCCc2csc(-n3nc(C)cc3C)n2)cc1OC. The van der Waals surface area contributed by atoms with Gasteiger partial charge in [0.05, 0.1) is 25.6 Å². The van der Waals surface area contributed by atoms with Crippen molar-refractivity contribution in [3.05, 3.63) is 58.4 Å². The Labute approximate surface area is 174 Å². The highest BCUT2D eigenvalue weighted by molar-refractivity contribution is 7.12. The highest BCUT2D eigenvalue weighted by Gasteiger charge is 2.09. The normalized spacial score (nSPS) is 11.0. The molecule has 3 aromatic rings. The van der Waals surface area contributed by atoms with E-state index in [1.54, 1.807) is 37.7 Å². The number of ether oxygens (including phenoxy) is 2. The lowest BCUT2D eigenvalue weighted by molar-refractivity contribution is -0.116. The quantitative estimate of drug-likeness (QED) is 0.574. The summed E-state index contributed by atoms with van der Waals surface area (Å²) < 4.78 is 12.3. The molecule has 1 aromatic carbocycles. The lowest BCUT2D eigenvalue weighted by atomic mass is 10.2. The van der Waals surface area contributed by atoms with Gasteiger partial charge in [0, 0.05) is 30.1 Å². The van der Waals surface area contributed by atoms with Crippen LogP contribution in [0.1, 0.15) is 22.6 Å². The van der Waals surface area contributed by atoms with Crippen LogP contribution in [-0.2, 0) is 11.2 Å². The van der Waals surface area contributed by atoms with Crippen LogP contribution >= 0.6 is 11.3 Å². The molecule has 2 heterocycles. The van der Waals surface area contributed by atoms with Gasteiger partial charge in [-0.15, -0.1) is 11.3 Å². The number of aromatic nitrogens is 3. The van der Waals surface area contributed by atoms with Crippen LogP contribution in [0.15, 0.2) is 35.7 Å². The van der Waals surface area contributed by atoms with Crippen molar-refractivity contribution in [2.45, 2.75) is 20.3 Å². The van der Waals surface area contributed by atoms with Crippen LogP contribution < -0.4 is 14.8 Å². The van der Waals surface area contributed by atoms with Crippen LogP contribution in [0.25, 0.3) is 11.2 Å². The van der Waals surface area contributed by atoms with Gasteiger partial charge in [0.1, 0.15) is 0 Å². The highest BCUT2D eigenvalue weighted by Crippen LogP contribution is 2.27. The first-order valence-electron chi connectivity index (χ1n) is 9.16. The molecule has 0 unspecified atom stereocenters. The monoisotopic (exact) mass is 412 g/mol. The van der Waals surface area contributed by atoms with E-state index in [-0.39, 0.29) is 5.91 Å². The maximum Gasteiger partial charge on any atom is 0.244 e. The minimum atomic E-state index is -0.159. The Kier molecular flexibility index (Phi) is 6.66. The summed E-state index contributed by atoms with van der Waals surface area (Å²) in [5, 5.41) is 10.2. The van der Waals surface area contributed by atoms with Gasteiger partial charge in [0.2, 0.25) is 11.0 Å². The number of methoxy groups -OCH3 is 2. The molecule has 1 N–H and O–H groups in total. The highest BCUT2D eigenvalue weighted by atomic mass is 32.1. The molecule has 0 saturated carbocycles. The zero-order valence-electron chi connectivity index (χ0n) is 16.9. The fourth-order valence-corrected chi connectivity index (χ4v) is 3.70. The largest absolute Gasteiger partial charge is 0.493 e. The summed E-state index contributed by atoms with van der Waals surface area (Å²) in [6.45, 7) is 4.48. The lowest BCUT2D eigenvalue weighted by Gasteiger charge is -2.07. The number of hydrogen-bond acceptors (Lipinski definition) is 6. The predicted octanol–water partition coefficient (Wildman–Crippen LogP) is 3.33. The average molecular weight is 413 g/mol. The second-order valence-corrected chi connectivity index (χ2v) is 7.29. The van der Waals surface area contributed by atoms with E-state index in [2.05, 4.69) is 15.4 Å². The molecule has 0 spiro atoms. The van der Waals surface area contributed by atoms with E-state index in [1.165, 1.54) is 6.08 Å². The number of rotatable bonds is 8. The maximum atomic E-state index is 12.1. The minimum Gasteiger partial charge on any atom is -0.493 e. The van der Waals surface area contributed by atoms with Crippen molar-refractivity contribution in [3.63, 3.8) is 0 Å². The molecule has 0 bridgehead atoms. The number of thiazole rings is 1. The predicted molar refractivity (Wildman–Crippen MR) is 114 cm³/mol. The van der Waals surface area contributed by atoms with Gasteiger partial charge < -0.3 is 14.8 Å². The Hall–Kier alpha value is -3.13. The van der Waals surface area contributed by atoms with Gasteiger partial charge >= 0.3 is 0 Å². The molecule has 0 atom stereocenters. The standard InChI is InChI=1S/C21H24N4O3S/c1-14-11-15(2)25(24-14)21-23-17(13-29-21)9-10-22-20(26)8-6-16-5-7-18(27-3)19(12-16)28-4/h5-8,11-13H,9-10H2,1-4H3,(H,22,26)/b8-6+. The summed E-state index contributed by atoms with van der Waals surface area (Å²) in [4.78, 5) is 16.7. The average Bonchev–Trinajstić information content (AvgIpc) is 3.31. The molecule has 0 radical (unpaired) electrons. The molecule has 152 valence electrons. The first-order valence-corrected chi connectivity index (χ1v) is 10.0. The number of aryl methyl sites for hydroxylation is 2. The smallest absolute Gasteiger partial charge is 0.244 e. The Morgan fingerprint density at radius 2 is 2.00 bits per heavy atom. The fourth-order valence-electron chi connectivity index (χ4n) is 2.83. The molecule has 2 aromatic heterocycles. The van der Waals surface area contributed by atoms with E-state index < -0.39 is 0 Å². The molecular formula is C21H24N4O3S. The van der Waals surface area contributed by atoms with E-state index in [0.29, 0.717) is 24.5 Å². The van der Waals surface area contributed by atoms with Crippen LogP contribution in [0.2, 0.25) is 0 Å². The number of nitrogens with zero attached hydrogens (tertiary/aromatic N) is 3. The summed E-state index contributed by atoms with van der Waals surface area (Å²) in [7, 11) is 3.17. The van der Waals surface area contributed by atoms with Crippen molar-refractivity contribution in [1.82, 2.24) is 20.1 Å². The summed E-state index contributed by atoms with van der Waals surface area (Å²) in [5.74, 6) is 1.11. The molecule has 8 heteroatoms. The number of carbonyl (C=O) groups is 1. The van der Waals surface area contributed by atoms with Crippen LogP contribution in [-0.4, -0.2) is 41.4 Å². The molecule has 1 amide bonds.